The van der Waals surface area contributed by atoms with Crippen molar-refractivity contribution in [2.75, 3.05) is 33.5 Å². The number of primary amides is 1. The van der Waals surface area contributed by atoms with Crippen LogP contribution in [0.3, 0.4) is 0 Å². The second-order valence-electron chi connectivity index (χ2n) is 8.13. The van der Waals surface area contributed by atoms with E-state index in [-0.39, 0.29) is 72.7 Å². The lowest BCUT2D eigenvalue weighted by Crippen LogP contribution is -2.55. The fourth-order valence-electron chi connectivity index (χ4n) is 5.07. The Bertz CT molecular complexity index is 941. The predicted octanol–water partition coefficient (Wildman–Crippen LogP) is -0.250. The van der Waals surface area contributed by atoms with Gasteiger partial charge >= 0.3 is 12.1 Å². The largest absolute Gasteiger partial charge is 0.489 e. The van der Waals surface area contributed by atoms with Crippen molar-refractivity contribution < 1.29 is 38.1 Å². The summed E-state index contributed by atoms with van der Waals surface area (Å²) in [7, 11) is 1.51. The quantitative estimate of drug-likeness (QED) is 0.208. The van der Waals surface area contributed by atoms with Crippen LogP contribution in [0.2, 0.25) is 0 Å². The third-order valence-electron chi connectivity index (χ3n) is 6.45. The van der Waals surface area contributed by atoms with Crippen LogP contribution in [0.25, 0.3) is 0 Å². The molecule has 0 aromatic heterocycles. The molecule has 11 heteroatoms. The number of ketones is 2. The number of amides is 1. The molecule has 2 saturated heterocycles. The van der Waals surface area contributed by atoms with E-state index < -0.39 is 23.5 Å². The highest BCUT2D eigenvalue weighted by Crippen LogP contribution is 2.55. The number of fused-ring (bicyclic) bond motifs is 4. The Kier molecular flexibility index (Phi) is 5.72. The molecule has 4 atom stereocenters. The third kappa shape index (κ3) is 3.27. The molecule has 0 bridgehead atoms. The minimum Gasteiger partial charge on any atom is -0.489 e. The lowest BCUT2D eigenvalue weighted by atomic mass is 9.83. The van der Waals surface area contributed by atoms with Crippen LogP contribution in [0.5, 0.6) is 0 Å². The monoisotopic (exact) mass is 449 g/mol. The summed E-state index contributed by atoms with van der Waals surface area (Å²) in [6.07, 6.45) is -0.508. The molecule has 2 fully saturated rings. The summed E-state index contributed by atoms with van der Waals surface area (Å²) in [5.74, 6) is -1.91. The Morgan fingerprint density at radius 3 is 2.66 bits per heavy atom. The van der Waals surface area contributed by atoms with Gasteiger partial charge in [-0.15, -0.1) is 0 Å². The number of carbonyl (C=O) groups is 4. The van der Waals surface area contributed by atoms with Crippen LogP contribution in [-0.2, 0) is 33.3 Å². The maximum Gasteiger partial charge on any atom is 0.404 e. The van der Waals surface area contributed by atoms with Gasteiger partial charge in [0.15, 0.2) is 11.5 Å². The van der Waals surface area contributed by atoms with E-state index in [9.17, 15) is 19.2 Å². The lowest BCUT2D eigenvalue weighted by molar-refractivity contribution is -0.143. The number of esters is 1. The molecule has 11 nitrogen and oxygen atoms in total. The summed E-state index contributed by atoms with van der Waals surface area (Å²) in [5, 5.41) is 3.30. The maximum absolute atomic E-state index is 13.5. The first-order chi connectivity index (χ1) is 15.3. The number of nitrogens with one attached hydrogen (secondary N) is 1. The van der Waals surface area contributed by atoms with Gasteiger partial charge in [-0.05, 0) is 20.3 Å². The van der Waals surface area contributed by atoms with Gasteiger partial charge in [-0.25, -0.2) is 4.79 Å². The first kappa shape index (κ1) is 22.3. The number of nitrogens with two attached hydrogens (primary N) is 1. The second-order valence-corrected chi connectivity index (χ2v) is 8.13. The van der Waals surface area contributed by atoms with Crippen molar-refractivity contribution >= 4 is 23.6 Å². The van der Waals surface area contributed by atoms with Crippen molar-refractivity contribution in [3.05, 3.63) is 22.6 Å². The smallest absolute Gasteiger partial charge is 0.404 e. The molecule has 1 amide bonds. The molecule has 0 spiro atoms. The zero-order chi connectivity index (χ0) is 23.2. The highest BCUT2D eigenvalue weighted by Gasteiger charge is 2.72. The van der Waals surface area contributed by atoms with Gasteiger partial charge in [-0.3, -0.25) is 14.4 Å². The minimum absolute atomic E-state index is 0.0607. The number of methoxy groups -OCH3 is 1. The zero-order valence-electron chi connectivity index (χ0n) is 18.3. The molecule has 1 aliphatic carbocycles. The molecule has 4 aliphatic rings. The first-order valence-corrected chi connectivity index (χ1v) is 10.6. The molecule has 3 N–H and O–H groups in total. The van der Waals surface area contributed by atoms with Gasteiger partial charge in [0, 0.05) is 37.3 Å². The van der Waals surface area contributed by atoms with Crippen LogP contribution in [0.15, 0.2) is 22.6 Å². The number of ether oxygens (including phenoxy) is 4. The Balaban J connectivity index is 1.58. The van der Waals surface area contributed by atoms with Gasteiger partial charge in [0.25, 0.3) is 0 Å². The van der Waals surface area contributed by atoms with E-state index in [0.29, 0.717) is 13.0 Å². The predicted molar refractivity (Wildman–Crippen MR) is 108 cm³/mol. The average molecular weight is 449 g/mol. The summed E-state index contributed by atoms with van der Waals surface area (Å²) in [6.45, 7) is 3.90. The Morgan fingerprint density at radius 2 is 2.00 bits per heavy atom. The highest BCUT2D eigenvalue weighted by atomic mass is 16.6. The number of carbonyl (C=O) groups excluding carboxylic acids is 4. The van der Waals surface area contributed by atoms with Crippen molar-refractivity contribution in [2.45, 2.75) is 44.5 Å². The molecular weight excluding hydrogens is 422 g/mol. The third-order valence-corrected chi connectivity index (χ3v) is 6.45. The highest BCUT2D eigenvalue weighted by molar-refractivity contribution is 6.25. The number of piperazine rings is 1. The van der Waals surface area contributed by atoms with Crippen molar-refractivity contribution in [1.29, 1.82) is 0 Å². The Hall–Kier alpha value is -2.92. The van der Waals surface area contributed by atoms with Crippen LogP contribution in [0.4, 0.5) is 4.79 Å². The van der Waals surface area contributed by atoms with Gasteiger partial charge in [0.05, 0.1) is 30.9 Å². The van der Waals surface area contributed by atoms with E-state index in [2.05, 4.69) is 5.32 Å². The summed E-state index contributed by atoms with van der Waals surface area (Å²) >= 11 is 0. The second kappa shape index (κ2) is 8.21. The molecule has 32 heavy (non-hydrogen) atoms. The molecule has 0 radical (unpaired) electrons. The number of nitrogens with zero attached hydrogens (tertiary/aromatic N) is 1. The van der Waals surface area contributed by atoms with Gasteiger partial charge in [-0.1, -0.05) is 0 Å². The van der Waals surface area contributed by atoms with Crippen LogP contribution in [0, 0.1) is 5.92 Å². The van der Waals surface area contributed by atoms with Crippen molar-refractivity contribution in [3.63, 3.8) is 0 Å². The van der Waals surface area contributed by atoms with E-state index in [1.807, 2.05) is 4.90 Å². The van der Waals surface area contributed by atoms with Crippen molar-refractivity contribution in [1.82, 2.24) is 10.2 Å². The minimum atomic E-state index is -1.03. The van der Waals surface area contributed by atoms with Crippen molar-refractivity contribution in [3.8, 4) is 0 Å². The van der Waals surface area contributed by atoms with Crippen LogP contribution >= 0.6 is 0 Å². The van der Waals surface area contributed by atoms with Gasteiger partial charge < -0.3 is 34.9 Å². The van der Waals surface area contributed by atoms with Crippen LogP contribution < -0.4 is 11.1 Å². The molecular formula is C21H27N3O8. The fraction of sp³-hybridized carbons (Fsp3) is 0.619. The Morgan fingerprint density at radius 1 is 1.25 bits per heavy atom. The molecule has 174 valence electrons. The molecule has 0 aromatic rings. The number of Topliss-reactive ketones (excluding diaryl/α,β-unsaturated/α-hetero) is 2. The molecule has 3 heterocycles. The van der Waals surface area contributed by atoms with Gasteiger partial charge in [0.1, 0.15) is 6.61 Å². The normalized spacial score (nSPS) is 30.2. The van der Waals surface area contributed by atoms with Crippen molar-refractivity contribution in [2.24, 2.45) is 11.7 Å². The summed E-state index contributed by atoms with van der Waals surface area (Å²) in [4.78, 5) is 51.5. The lowest BCUT2D eigenvalue weighted by Gasteiger charge is -2.39. The molecule has 0 aromatic carbocycles. The Labute approximate surface area is 184 Å². The maximum atomic E-state index is 13.5. The average Bonchev–Trinajstić information content (AvgIpc) is 3.36. The summed E-state index contributed by atoms with van der Waals surface area (Å²) in [6, 6.07) is 0.00205. The molecule has 3 aliphatic heterocycles. The SMILES string of the molecule is CCOC(=O)CCCOC1=C(C)C(=O)C2=C(C1=O)C(COC(N)=O)C1(OC)C3NC3CN21. The molecule has 4 unspecified atom stereocenters. The first-order valence-electron chi connectivity index (χ1n) is 10.6. The van der Waals surface area contributed by atoms with Gasteiger partial charge in [0.2, 0.25) is 11.6 Å². The van der Waals surface area contributed by atoms with E-state index in [1.54, 1.807) is 13.8 Å². The number of allylic oxidation sites excluding steroid dienone is 2. The van der Waals surface area contributed by atoms with E-state index >= 15 is 0 Å². The van der Waals surface area contributed by atoms with E-state index in [0.717, 1.165) is 0 Å². The molecule has 0 saturated carbocycles. The number of hydrogen-bond donors (Lipinski definition) is 2. The number of hydrogen-bond acceptors (Lipinski definition) is 10. The van der Waals surface area contributed by atoms with Crippen LogP contribution in [-0.4, -0.2) is 79.8 Å². The fourth-order valence-corrected chi connectivity index (χ4v) is 5.07. The van der Waals surface area contributed by atoms with E-state index in [4.69, 9.17) is 24.7 Å². The standard InChI is InChI=1S/C21H27N3O8/c1-4-30-13(25)6-5-7-31-18-10(2)16(26)15-14(17(18)27)11(9-32-20(22)28)21(29-3)19-12(23-19)8-24(15)21/h11-12,19,23H,4-9H2,1-3H3,(H2,22,28). The van der Waals surface area contributed by atoms with E-state index in [1.165, 1.54) is 7.11 Å². The summed E-state index contributed by atoms with van der Waals surface area (Å²) in [5.41, 5.74) is 4.80. The molecule has 4 rings (SSSR count). The van der Waals surface area contributed by atoms with Gasteiger partial charge in [-0.2, -0.15) is 0 Å². The topological polar surface area (TPSA) is 156 Å². The zero-order valence-corrected chi connectivity index (χ0v) is 18.3. The summed E-state index contributed by atoms with van der Waals surface area (Å²) < 4.78 is 21.5. The van der Waals surface area contributed by atoms with Crippen LogP contribution in [0.1, 0.15) is 26.7 Å². The number of rotatable bonds is 9.